The summed E-state index contributed by atoms with van der Waals surface area (Å²) in [4.78, 5) is 3.96. The molecule has 0 bridgehead atoms. The van der Waals surface area contributed by atoms with E-state index in [4.69, 9.17) is 0 Å². The molecular weight excluding hydrogens is 473 g/mol. The monoisotopic (exact) mass is 483 g/mol. The Bertz CT molecular complexity index is 400. The van der Waals surface area contributed by atoms with Gasteiger partial charge in [0.2, 0.25) is 0 Å². The van der Waals surface area contributed by atoms with E-state index < -0.39 is 35.4 Å². The maximum absolute atomic E-state index is 12.0. The molecule has 0 unspecified atom stereocenters. The van der Waals surface area contributed by atoms with Gasteiger partial charge in [-0.2, -0.15) is 0 Å². The summed E-state index contributed by atoms with van der Waals surface area (Å²) in [5, 5.41) is 0. The quantitative estimate of drug-likeness (QED) is 0.380. The summed E-state index contributed by atoms with van der Waals surface area (Å²) in [6, 6.07) is 0. The first-order chi connectivity index (χ1) is 6.97. The molecule has 0 aromatic heterocycles. The van der Waals surface area contributed by atoms with Crippen LogP contribution in [0.15, 0.2) is 19.9 Å². The molecule has 0 heterocycles. The molecule has 16 heavy (non-hydrogen) atoms. The third-order valence-electron chi connectivity index (χ3n) is 1.21. The van der Waals surface area contributed by atoms with Gasteiger partial charge < -0.3 is 0 Å². The molecule has 0 atom stereocenters. The molecule has 0 aliphatic carbocycles. The number of alkyl halides is 5. The number of hydrogen-bond donors (Lipinski definition) is 1. The maximum atomic E-state index is 12.0. The predicted octanol–water partition coefficient (Wildman–Crippen LogP) is 2.98. The molecule has 0 aromatic carbocycles. The Kier molecular flexibility index (Phi) is 6.06. The van der Waals surface area contributed by atoms with E-state index in [9.17, 15) is 21.6 Å². The van der Waals surface area contributed by atoms with Crippen molar-refractivity contribution in [2.75, 3.05) is 9.86 Å². The number of allylic oxidation sites excluding steroid dienone is 1. The molecular formula is C7H10F3I2NO2S. The first kappa shape index (κ1) is 16.5. The molecule has 0 aromatic rings. The Morgan fingerprint density at radius 1 is 1.44 bits per heavy atom. The standard InChI is InChI=1S/C7H10F3I2NO2S/c1-5(4-6(11)12(2)3)13-16(14,15)7(8,9)10/h4,13H,1H2,2-3H3/b6-4-. The Morgan fingerprint density at radius 2 is 1.88 bits per heavy atom. The molecule has 0 aliphatic rings. The Hall–Kier alpha value is 0.480. The fraction of sp³-hybridized carbons (Fsp3) is 0.429. The van der Waals surface area contributed by atoms with Crippen LogP contribution in [-0.4, -0.2) is 23.8 Å². The first-order valence-electron chi connectivity index (χ1n) is 3.62. The van der Waals surface area contributed by atoms with Crippen molar-refractivity contribution in [3.63, 3.8) is 0 Å². The zero-order valence-electron chi connectivity index (χ0n) is 8.40. The molecule has 0 radical (unpaired) electrons. The van der Waals surface area contributed by atoms with E-state index >= 15 is 0 Å². The van der Waals surface area contributed by atoms with Crippen LogP contribution in [0.5, 0.6) is 0 Å². The molecule has 0 fully saturated rings. The fourth-order valence-corrected chi connectivity index (χ4v) is 2.40. The van der Waals surface area contributed by atoms with Crippen LogP contribution in [0.2, 0.25) is 0 Å². The zero-order valence-corrected chi connectivity index (χ0v) is 13.5. The normalized spacial score (nSPS) is 14.6. The molecule has 0 saturated carbocycles. The minimum atomic E-state index is -5.35. The van der Waals surface area contributed by atoms with Crippen molar-refractivity contribution in [2.45, 2.75) is 5.51 Å². The summed E-state index contributed by atoms with van der Waals surface area (Å²) in [7, 11) is -5.35. The van der Waals surface area contributed by atoms with E-state index in [1.54, 1.807) is 0 Å². The second-order valence-corrected chi connectivity index (χ2v) is 13.1. The van der Waals surface area contributed by atoms with E-state index in [1.807, 2.05) is 32.5 Å². The molecule has 3 nitrogen and oxygen atoms in total. The van der Waals surface area contributed by atoms with Gasteiger partial charge >= 0.3 is 114 Å². The average Bonchev–Trinajstić information content (AvgIpc) is 1.99. The van der Waals surface area contributed by atoms with Gasteiger partial charge in [0.1, 0.15) is 0 Å². The van der Waals surface area contributed by atoms with Gasteiger partial charge in [-0.15, -0.1) is 0 Å². The summed E-state index contributed by atoms with van der Waals surface area (Å²) in [6.45, 7) is 3.23. The second-order valence-electron chi connectivity index (χ2n) is 2.77. The molecule has 0 saturated heterocycles. The van der Waals surface area contributed by atoms with Gasteiger partial charge in [-0.05, 0) is 0 Å². The van der Waals surface area contributed by atoms with Crippen molar-refractivity contribution in [3.05, 3.63) is 19.9 Å². The van der Waals surface area contributed by atoms with Crippen molar-refractivity contribution >= 4 is 52.4 Å². The number of halogens is 5. The van der Waals surface area contributed by atoms with Gasteiger partial charge in [0.15, 0.2) is 0 Å². The van der Waals surface area contributed by atoms with Crippen LogP contribution in [0.3, 0.4) is 0 Å². The Balaban J connectivity index is 4.80. The van der Waals surface area contributed by atoms with E-state index in [1.165, 1.54) is 10.8 Å². The third-order valence-corrected chi connectivity index (χ3v) is 10.5. The summed E-state index contributed by atoms with van der Waals surface area (Å²) >= 11 is 0.653. The summed E-state index contributed by atoms with van der Waals surface area (Å²) in [5.74, 6) is 0. The molecule has 0 spiro atoms. The minimum absolute atomic E-state index is 0.271. The molecule has 96 valence electrons. The van der Waals surface area contributed by atoms with Gasteiger partial charge in [0.05, 0.1) is 0 Å². The third kappa shape index (κ3) is 5.21. The van der Waals surface area contributed by atoms with Crippen LogP contribution < -0.4 is 4.72 Å². The topological polar surface area (TPSA) is 46.2 Å². The van der Waals surface area contributed by atoms with Gasteiger partial charge in [-0.25, -0.2) is 0 Å². The van der Waals surface area contributed by atoms with Gasteiger partial charge in [-0.3, -0.25) is 0 Å². The van der Waals surface area contributed by atoms with Crippen molar-refractivity contribution in [3.8, 4) is 0 Å². The Morgan fingerprint density at radius 3 is 2.19 bits per heavy atom. The zero-order chi connectivity index (χ0) is 13.1. The van der Waals surface area contributed by atoms with Crippen molar-refractivity contribution in [1.29, 1.82) is 0 Å². The summed E-state index contributed by atoms with van der Waals surface area (Å²) in [5.41, 5.74) is -5.58. The molecule has 0 amide bonds. The molecule has 0 rings (SSSR count). The van der Waals surface area contributed by atoms with Crippen LogP contribution >= 0.6 is 42.4 Å². The number of hydrogen-bond acceptors (Lipinski definition) is 2. The SMILES string of the molecule is C=C(/C=C(/I)I(C)C)NS(=O)(=O)C(F)(F)F. The molecule has 1 N–H and O–H groups in total. The summed E-state index contributed by atoms with van der Waals surface area (Å²) < 4.78 is 59.6. The number of sulfonamides is 1. The Labute approximate surface area is 113 Å². The van der Waals surface area contributed by atoms with E-state index in [0.717, 1.165) is 1.59 Å². The molecule has 9 heteroatoms. The van der Waals surface area contributed by atoms with Crippen LogP contribution in [-0.2, 0) is 10.0 Å². The number of nitrogens with one attached hydrogen (secondary N) is 1. The van der Waals surface area contributed by atoms with Crippen LogP contribution in [0.1, 0.15) is 0 Å². The predicted molar refractivity (Wildman–Crippen MR) is 75.2 cm³/mol. The van der Waals surface area contributed by atoms with Crippen LogP contribution in [0.25, 0.3) is 0 Å². The van der Waals surface area contributed by atoms with E-state index in [-0.39, 0.29) is 5.70 Å². The van der Waals surface area contributed by atoms with Crippen molar-refractivity contribution in [2.24, 2.45) is 0 Å². The first-order valence-corrected chi connectivity index (χ1v) is 11.6. The number of rotatable bonds is 4. The van der Waals surface area contributed by atoms with Crippen LogP contribution in [0.4, 0.5) is 13.2 Å². The van der Waals surface area contributed by atoms with Crippen molar-refractivity contribution < 1.29 is 21.6 Å². The summed E-state index contributed by atoms with van der Waals surface area (Å²) in [6.07, 6.45) is 1.33. The van der Waals surface area contributed by atoms with Gasteiger partial charge in [0, 0.05) is 0 Å². The molecule has 0 aliphatic heterocycles. The van der Waals surface area contributed by atoms with Crippen LogP contribution in [0, 0.1) is 0 Å². The fourth-order valence-electron chi connectivity index (χ4n) is 0.501. The average molecular weight is 483 g/mol. The second kappa shape index (κ2) is 5.89. The van der Waals surface area contributed by atoms with E-state index in [0.29, 0.717) is 0 Å². The van der Waals surface area contributed by atoms with E-state index in [2.05, 4.69) is 6.58 Å². The van der Waals surface area contributed by atoms with Crippen molar-refractivity contribution in [1.82, 2.24) is 4.72 Å². The van der Waals surface area contributed by atoms with Gasteiger partial charge in [-0.1, -0.05) is 0 Å². The van der Waals surface area contributed by atoms with Gasteiger partial charge in [0.25, 0.3) is 0 Å².